The lowest BCUT2D eigenvalue weighted by Crippen LogP contribution is -2.59. The number of pyridine rings is 1. The minimum atomic E-state index is -0.965. The molecule has 23 heavy (non-hydrogen) atoms. The molecule has 0 radical (unpaired) electrons. The summed E-state index contributed by atoms with van der Waals surface area (Å²) in [6.45, 7) is 3.30. The zero-order valence-corrected chi connectivity index (χ0v) is 14.1. The van der Waals surface area contributed by atoms with Gasteiger partial charge in [-0.3, -0.25) is 9.88 Å². The van der Waals surface area contributed by atoms with Gasteiger partial charge in [0.15, 0.2) is 0 Å². The van der Waals surface area contributed by atoms with Crippen molar-refractivity contribution in [2.75, 3.05) is 20.2 Å². The monoisotopic (exact) mass is 320 g/mol. The lowest BCUT2D eigenvalue weighted by atomic mass is 9.81. The van der Waals surface area contributed by atoms with E-state index in [2.05, 4.69) is 16.8 Å². The second-order valence-electron chi connectivity index (χ2n) is 7.06. The standard InChI is InChI=1S/C18H28N2O3/c1-3-4-9-20(2)17-15(21)10-13-11-16(23-12-18(13,17)22)14-7-5-6-8-19-14/h5-8,13,15-17,21-22H,3-4,9-12H2,1-2H3/t13-,15-,16-,17-,18-/m1/s1. The van der Waals surface area contributed by atoms with Gasteiger partial charge in [-0.2, -0.15) is 0 Å². The molecule has 1 aromatic rings. The molecule has 5 heteroatoms. The van der Waals surface area contributed by atoms with Gasteiger partial charge in [-0.15, -0.1) is 0 Å². The number of hydrogen-bond acceptors (Lipinski definition) is 5. The average molecular weight is 320 g/mol. The minimum Gasteiger partial charge on any atom is -0.391 e. The number of hydrogen-bond donors (Lipinski definition) is 2. The van der Waals surface area contributed by atoms with Crippen LogP contribution in [0.25, 0.3) is 0 Å². The number of aliphatic hydroxyl groups excluding tert-OH is 1. The first-order chi connectivity index (χ1) is 11.1. The molecule has 3 rings (SSSR count). The molecule has 2 aliphatic rings. The maximum absolute atomic E-state index is 11.2. The molecular formula is C18H28N2O3. The van der Waals surface area contributed by atoms with Gasteiger partial charge in [-0.05, 0) is 50.9 Å². The summed E-state index contributed by atoms with van der Waals surface area (Å²) in [5, 5.41) is 21.8. The Labute approximate surface area is 138 Å². The zero-order valence-electron chi connectivity index (χ0n) is 14.1. The van der Waals surface area contributed by atoms with E-state index in [0.717, 1.165) is 25.1 Å². The van der Waals surface area contributed by atoms with E-state index in [9.17, 15) is 10.2 Å². The van der Waals surface area contributed by atoms with Gasteiger partial charge in [0.2, 0.25) is 0 Å². The Morgan fingerprint density at radius 1 is 1.39 bits per heavy atom. The maximum Gasteiger partial charge on any atom is 0.109 e. The van der Waals surface area contributed by atoms with Crippen molar-refractivity contribution < 1.29 is 14.9 Å². The van der Waals surface area contributed by atoms with Crippen LogP contribution in [0, 0.1) is 5.92 Å². The summed E-state index contributed by atoms with van der Waals surface area (Å²) in [6.07, 6.45) is 4.69. The third-order valence-corrected chi connectivity index (χ3v) is 5.48. The van der Waals surface area contributed by atoms with E-state index in [0.29, 0.717) is 12.8 Å². The highest BCUT2D eigenvalue weighted by Gasteiger charge is 2.58. The number of fused-ring (bicyclic) bond motifs is 1. The number of nitrogens with zero attached hydrogens (tertiary/aromatic N) is 2. The predicted octanol–water partition coefficient (Wildman–Crippen LogP) is 1.76. The Kier molecular flexibility index (Phi) is 5.01. The summed E-state index contributed by atoms with van der Waals surface area (Å²) in [5.74, 6) is 0.0485. The van der Waals surface area contributed by atoms with Gasteiger partial charge in [0.1, 0.15) is 5.60 Å². The van der Waals surface area contributed by atoms with Crippen molar-refractivity contribution in [3.05, 3.63) is 30.1 Å². The van der Waals surface area contributed by atoms with E-state index in [1.807, 2.05) is 25.2 Å². The zero-order chi connectivity index (χ0) is 16.4. The van der Waals surface area contributed by atoms with E-state index in [-0.39, 0.29) is 24.7 Å². The summed E-state index contributed by atoms with van der Waals surface area (Å²) in [4.78, 5) is 6.48. The summed E-state index contributed by atoms with van der Waals surface area (Å²) in [7, 11) is 1.99. The predicted molar refractivity (Wildman–Crippen MR) is 87.9 cm³/mol. The van der Waals surface area contributed by atoms with Crippen molar-refractivity contribution in [1.29, 1.82) is 0 Å². The Hall–Kier alpha value is -1.01. The van der Waals surface area contributed by atoms with Gasteiger partial charge in [-0.25, -0.2) is 0 Å². The first-order valence-corrected chi connectivity index (χ1v) is 8.69. The molecule has 1 aliphatic heterocycles. The fourth-order valence-corrected chi connectivity index (χ4v) is 4.26. The summed E-state index contributed by atoms with van der Waals surface area (Å²) < 4.78 is 5.96. The number of likely N-dealkylation sites (N-methyl/N-ethyl adjacent to an activating group) is 1. The molecular weight excluding hydrogens is 292 g/mol. The molecule has 0 spiro atoms. The van der Waals surface area contributed by atoms with Crippen LogP contribution in [-0.2, 0) is 4.74 Å². The van der Waals surface area contributed by atoms with Crippen LogP contribution >= 0.6 is 0 Å². The van der Waals surface area contributed by atoms with Crippen LogP contribution < -0.4 is 0 Å². The van der Waals surface area contributed by atoms with E-state index in [1.165, 1.54) is 0 Å². The maximum atomic E-state index is 11.2. The number of rotatable bonds is 5. The fraction of sp³-hybridized carbons (Fsp3) is 0.722. The summed E-state index contributed by atoms with van der Waals surface area (Å²) in [6, 6.07) is 5.56. The smallest absolute Gasteiger partial charge is 0.109 e. The van der Waals surface area contributed by atoms with Crippen LogP contribution in [-0.4, -0.2) is 58.0 Å². The van der Waals surface area contributed by atoms with E-state index < -0.39 is 11.7 Å². The van der Waals surface area contributed by atoms with Crippen LogP contribution in [0.3, 0.4) is 0 Å². The van der Waals surface area contributed by atoms with E-state index >= 15 is 0 Å². The van der Waals surface area contributed by atoms with E-state index in [1.54, 1.807) is 6.20 Å². The Morgan fingerprint density at radius 3 is 2.91 bits per heavy atom. The van der Waals surface area contributed by atoms with Crippen molar-refractivity contribution in [2.24, 2.45) is 5.92 Å². The third-order valence-electron chi connectivity index (χ3n) is 5.48. The number of ether oxygens (including phenoxy) is 1. The number of aliphatic hydroxyl groups is 2. The molecule has 0 amide bonds. The lowest BCUT2D eigenvalue weighted by molar-refractivity contribution is -0.171. The van der Waals surface area contributed by atoms with Crippen molar-refractivity contribution in [3.8, 4) is 0 Å². The SMILES string of the molecule is CCCCN(C)[C@@H]1[C@H](O)C[C@@H]2C[C@H](c3ccccn3)OC[C@@]21O. The molecule has 5 nitrogen and oxygen atoms in total. The highest BCUT2D eigenvalue weighted by atomic mass is 16.5. The normalized spacial score (nSPS) is 37.1. The topological polar surface area (TPSA) is 65.8 Å². The quantitative estimate of drug-likeness (QED) is 0.865. The molecule has 0 bridgehead atoms. The average Bonchev–Trinajstić information content (AvgIpc) is 2.82. The molecule has 128 valence electrons. The van der Waals surface area contributed by atoms with E-state index in [4.69, 9.17) is 4.74 Å². The second-order valence-corrected chi connectivity index (χ2v) is 7.06. The van der Waals surface area contributed by atoms with Gasteiger partial charge in [-0.1, -0.05) is 19.4 Å². The second kappa shape index (κ2) is 6.85. The Balaban J connectivity index is 1.73. The highest BCUT2D eigenvalue weighted by Crippen LogP contribution is 2.47. The fourth-order valence-electron chi connectivity index (χ4n) is 4.26. The van der Waals surface area contributed by atoms with Crippen LogP contribution in [0.15, 0.2) is 24.4 Å². The molecule has 1 saturated carbocycles. The third kappa shape index (κ3) is 3.15. The first kappa shape index (κ1) is 16.8. The van der Waals surface area contributed by atoms with Crippen LogP contribution in [0.4, 0.5) is 0 Å². The summed E-state index contributed by atoms with van der Waals surface area (Å²) in [5.41, 5.74) is -0.0560. The molecule has 5 atom stereocenters. The highest BCUT2D eigenvalue weighted by molar-refractivity contribution is 5.14. The largest absolute Gasteiger partial charge is 0.391 e. The number of unbranched alkanes of at least 4 members (excludes halogenated alkanes) is 1. The van der Waals surface area contributed by atoms with Crippen molar-refractivity contribution >= 4 is 0 Å². The molecule has 0 unspecified atom stereocenters. The van der Waals surface area contributed by atoms with Gasteiger partial charge in [0.25, 0.3) is 0 Å². The van der Waals surface area contributed by atoms with Crippen LogP contribution in [0.2, 0.25) is 0 Å². The van der Waals surface area contributed by atoms with Gasteiger partial charge >= 0.3 is 0 Å². The molecule has 2 heterocycles. The molecule has 2 fully saturated rings. The molecule has 0 aromatic carbocycles. The van der Waals surface area contributed by atoms with Crippen molar-refractivity contribution in [1.82, 2.24) is 9.88 Å². The van der Waals surface area contributed by atoms with Gasteiger partial charge in [0, 0.05) is 6.20 Å². The number of aromatic nitrogens is 1. The summed E-state index contributed by atoms with van der Waals surface area (Å²) >= 11 is 0. The van der Waals surface area contributed by atoms with Gasteiger partial charge in [0.05, 0.1) is 30.6 Å². The van der Waals surface area contributed by atoms with Crippen LogP contribution in [0.1, 0.15) is 44.4 Å². The van der Waals surface area contributed by atoms with Crippen molar-refractivity contribution in [3.63, 3.8) is 0 Å². The lowest BCUT2D eigenvalue weighted by Gasteiger charge is -2.44. The minimum absolute atomic E-state index is 0.0485. The first-order valence-electron chi connectivity index (χ1n) is 8.69. The molecule has 1 aliphatic carbocycles. The molecule has 1 saturated heterocycles. The Morgan fingerprint density at radius 2 is 2.22 bits per heavy atom. The van der Waals surface area contributed by atoms with Gasteiger partial charge < -0.3 is 14.9 Å². The molecule has 2 N–H and O–H groups in total. The molecule has 1 aromatic heterocycles. The van der Waals surface area contributed by atoms with Crippen molar-refractivity contribution in [2.45, 2.75) is 56.5 Å². The Bertz CT molecular complexity index is 512. The van der Waals surface area contributed by atoms with Crippen LogP contribution in [0.5, 0.6) is 0 Å².